The number of sulfonamides is 1. The molecule has 18 heavy (non-hydrogen) atoms. The molecule has 1 aromatic rings. The van der Waals surface area contributed by atoms with Crippen LogP contribution in [0.15, 0.2) is 27.6 Å². The maximum atomic E-state index is 12.4. The molecule has 0 aromatic heterocycles. The van der Waals surface area contributed by atoms with Gasteiger partial charge in [0.1, 0.15) is 0 Å². The van der Waals surface area contributed by atoms with E-state index in [1.807, 2.05) is 13.8 Å². The van der Waals surface area contributed by atoms with Gasteiger partial charge in [0, 0.05) is 23.2 Å². The van der Waals surface area contributed by atoms with Gasteiger partial charge in [-0.25, -0.2) is 8.42 Å². The second-order valence-electron chi connectivity index (χ2n) is 4.34. The van der Waals surface area contributed by atoms with Gasteiger partial charge in [-0.05, 0) is 47.5 Å². The number of hydrogen-bond acceptors (Lipinski definition) is 3. The lowest BCUT2D eigenvalue weighted by Crippen LogP contribution is -2.35. The fourth-order valence-electron chi connectivity index (χ4n) is 1.69. The Labute approximate surface area is 117 Å². The van der Waals surface area contributed by atoms with E-state index in [9.17, 15) is 8.42 Å². The number of halogens is 1. The lowest BCUT2D eigenvalue weighted by atomic mass is 10.2. The predicted molar refractivity (Wildman–Crippen MR) is 77.9 cm³/mol. The molecular weight excluding hydrogens is 316 g/mol. The van der Waals surface area contributed by atoms with E-state index >= 15 is 0 Å². The fourth-order valence-corrected chi connectivity index (χ4v) is 3.36. The summed E-state index contributed by atoms with van der Waals surface area (Å²) in [4.78, 5) is 0.230. The average molecular weight is 335 g/mol. The van der Waals surface area contributed by atoms with E-state index in [4.69, 9.17) is 5.73 Å². The summed E-state index contributed by atoms with van der Waals surface area (Å²) in [5, 5.41) is 0. The Balaban J connectivity index is 3.09. The largest absolute Gasteiger partial charge is 0.398 e. The lowest BCUT2D eigenvalue weighted by molar-refractivity contribution is 0.369. The van der Waals surface area contributed by atoms with Crippen LogP contribution in [0.4, 0.5) is 5.69 Å². The molecule has 1 unspecified atom stereocenters. The van der Waals surface area contributed by atoms with Crippen LogP contribution in [0.1, 0.15) is 26.7 Å². The van der Waals surface area contributed by atoms with Crippen molar-refractivity contribution >= 4 is 31.6 Å². The van der Waals surface area contributed by atoms with Crippen molar-refractivity contribution in [2.45, 2.75) is 37.6 Å². The number of nitrogens with two attached hydrogens (primary N) is 1. The Morgan fingerprint density at radius 2 is 2.06 bits per heavy atom. The van der Waals surface area contributed by atoms with Crippen molar-refractivity contribution in [3.05, 3.63) is 22.7 Å². The summed E-state index contributed by atoms with van der Waals surface area (Å²) in [6.07, 6.45) is 1.78. The Kier molecular flexibility index (Phi) is 5.19. The molecule has 0 amide bonds. The van der Waals surface area contributed by atoms with Crippen molar-refractivity contribution in [1.82, 2.24) is 4.31 Å². The second kappa shape index (κ2) is 6.04. The third-order valence-corrected chi connectivity index (χ3v) is 5.66. The highest BCUT2D eigenvalue weighted by atomic mass is 79.9. The minimum Gasteiger partial charge on any atom is -0.398 e. The standard InChI is InChI=1S/C12H19BrN2O2S/c1-4-5-9(2)15(3)18(16,17)10-6-7-11(13)12(14)8-10/h6-9H,4-5,14H2,1-3H3. The van der Waals surface area contributed by atoms with E-state index in [-0.39, 0.29) is 10.9 Å². The highest BCUT2D eigenvalue weighted by Crippen LogP contribution is 2.25. The van der Waals surface area contributed by atoms with Gasteiger partial charge in [0.2, 0.25) is 10.0 Å². The van der Waals surface area contributed by atoms with Gasteiger partial charge >= 0.3 is 0 Å². The van der Waals surface area contributed by atoms with E-state index in [0.717, 1.165) is 12.8 Å². The molecule has 0 bridgehead atoms. The van der Waals surface area contributed by atoms with Crippen LogP contribution in [0, 0.1) is 0 Å². The first-order valence-corrected chi connectivity index (χ1v) is 8.07. The van der Waals surface area contributed by atoms with Gasteiger partial charge in [-0.2, -0.15) is 4.31 Å². The van der Waals surface area contributed by atoms with Crippen LogP contribution in [0.25, 0.3) is 0 Å². The van der Waals surface area contributed by atoms with E-state index in [0.29, 0.717) is 10.2 Å². The van der Waals surface area contributed by atoms with Crippen molar-refractivity contribution in [3.8, 4) is 0 Å². The number of benzene rings is 1. The first-order chi connectivity index (χ1) is 8.30. The van der Waals surface area contributed by atoms with Gasteiger partial charge < -0.3 is 5.73 Å². The van der Waals surface area contributed by atoms with Crippen LogP contribution < -0.4 is 5.73 Å². The lowest BCUT2D eigenvalue weighted by Gasteiger charge is -2.24. The molecule has 0 aliphatic rings. The molecule has 102 valence electrons. The molecule has 0 aliphatic carbocycles. The summed E-state index contributed by atoms with van der Waals surface area (Å²) in [6, 6.07) is 4.67. The maximum Gasteiger partial charge on any atom is 0.243 e. The van der Waals surface area contributed by atoms with E-state index in [1.54, 1.807) is 19.2 Å². The van der Waals surface area contributed by atoms with Gasteiger partial charge in [0.05, 0.1) is 4.90 Å². The summed E-state index contributed by atoms with van der Waals surface area (Å²) >= 11 is 3.25. The van der Waals surface area contributed by atoms with E-state index in [1.165, 1.54) is 10.4 Å². The van der Waals surface area contributed by atoms with Crippen LogP contribution in [0.2, 0.25) is 0 Å². The Bertz CT molecular complexity index is 517. The smallest absolute Gasteiger partial charge is 0.243 e. The van der Waals surface area contributed by atoms with Crippen molar-refractivity contribution in [2.24, 2.45) is 0 Å². The second-order valence-corrected chi connectivity index (χ2v) is 7.19. The monoisotopic (exact) mass is 334 g/mol. The minimum atomic E-state index is -3.47. The Hall–Kier alpha value is -0.590. The zero-order valence-electron chi connectivity index (χ0n) is 10.9. The molecule has 1 rings (SSSR count). The van der Waals surface area contributed by atoms with Crippen LogP contribution in [-0.4, -0.2) is 25.8 Å². The summed E-state index contributed by atoms with van der Waals surface area (Å²) in [5.41, 5.74) is 6.15. The molecule has 4 nitrogen and oxygen atoms in total. The topological polar surface area (TPSA) is 63.4 Å². The van der Waals surface area contributed by atoms with Crippen molar-refractivity contribution in [3.63, 3.8) is 0 Å². The Morgan fingerprint density at radius 1 is 1.44 bits per heavy atom. The van der Waals surface area contributed by atoms with Gasteiger partial charge in [-0.1, -0.05) is 13.3 Å². The average Bonchev–Trinajstić information content (AvgIpc) is 2.31. The van der Waals surface area contributed by atoms with E-state index in [2.05, 4.69) is 15.9 Å². The first-order valence-electron chi connectivity index (χ1n) is 5.83. The molecule has 0 saturated carbocycles. The normalized spacial score (nSPS) is 13.8. The van der Waals surface area contributed by atoms with E-state index < -0.39 is 10.0 Å². The molecule has 2 N–H and O–H groups in total. The SMILES string of the molecule is CCCC(C)N(C)S(=O)(=O)c1ccc(Br)c(N)c1. The van der Waals surface area contributed by atoms with Crippen molar-refractivity contribution in [1.29, 1.82) is 0 Å². The highest BCUT2D eigenvalue weighted by molar-refractivity contribution is 9.10. The maximum absolute atomic E-state index is 12.4. The molecule has 1 atom stereocenters. The zero-order valence-corrected chi connectivity index (χ0v) is 13.3. The summed E-state index contributed by atoms with van der Waals surface area (Å²) in [6.45, 7) is 3.94. The molecule has 0 aliphatic heterocycles. The predicted octanol–water partition coefficient (Wildman–Crippen LogP) is 2.84. The summed E-state index contributed by atoms with van der Waals surface area (Å²) < 4.78 is 26.8. The minimum absolute atomic E-state index is 0.0233. The number of rotatable bonds is 5. The molecule has 0 fully saturated rings. The number of nitrogens with zero attached hydrogens (tertiary/aromatic N) is 1. The van der Waals surface area contributed by atoms with Gasteiger partial charge in [0.15, 0.2) is 0 Å². The summed E-state index contributed by atoms with van der Waals surface area (Å²) in [5.74, 6) is 0. The molecule has 0 saturated heterocycles. The van der Waals surface area contributed by atoms with Crippen LogP contribution in [0.3, 0.4) is 0 Å². The van der Waals surface area contributed by atoms with Gasteiger partial charge in [-0.15, -0.1) is 0 Å². The highest BCUT2D eigenvalue weighted by Gasteiger charge is 2.25. The quantitative estimate of drug-likeness (QED) is 0.842. The van der Waals surface area contributed by atoms with Crippen LogP contribution in [0.5, 0.6) is 0 Å². The third-order valence-electron chi connectivity index (χ3n) is 2.97. The molecule has 6 heteroatoms. The van der Waals surface area contributed by atoms with Crippen LogP contribution in [-0.2, 0) is 10.0 Å². The first kappa shape index (κ1) is 15.5. The van der Waals surface area contributed by atoms with Gasteiger partial charge in [0.25, 0.3) is 0 Å². The molecule has 0 heterocycles. The fraction of sp³-hybridized carbons (Fsp3) is 0.500. The van der Waals surface area contributed by atoms with Crippen LogP contribution >= 0.6 is 15.9 Å². The molecule has 0 radical (unpaired) electrons. The number of anilines is 1. The van der Waals surface area contributed by atoms with Crippen molar-refractivity contribution < 1.29 is 8.42 Å². The molecule has 0 spiro atoms. The third kappa shape index (κ3) is 3.24. The number of hydrogen-bond donors (Lipinski definition) is 1. The molecular formula is C12H19BrN2O2S. The summed E-state index contributed by atoms with van der Waals surface area (Å²) in [7, 11) is -1.86. The van der Waals surface area contributed by atoms with Gasteiger partial charge in [-0.3, -0.25) is 0 Å². The number of nitrogen functional groups attached to an aromatic ring is 1. The zero-order chi connectivity index (χ0) is 13.9. The van der Waals surface area contributed by atoms with Crippen molar-refractivity contribution in [2.75, 3.05) is 12.8 Å². The Morgan fingerprint density at radius 3 is 2.56 bits per heavy atom. The molecule has 1 aromatic carbocycles.